The average molecular weight is 1290 g/mol. The van der Waals surface area contributed by atoms with Crippen LogP contribution in [0.15, 0.2) is 170 Å². The van der Waals surface area contributed by atoms with Gasteiger partial charge < -0.3 is 61.6 Å². The van der Waals surface area contributed by atoms with Crippen molar-refractivity contribution in [2.75, 3.05) is 25.6 Å². The van der Waals surface area contributed by atoms with Crippen LogP contribution in [-0.4, -0.2) is 168 Å². The van der Waals surface area contributed by atoms with Crippen LogP contribution in [0.3, 0.4) is 0 Å². The van der Waals surface area contributed by atoms with Crippen molar-refractivity contribution >= 4 is 53.3 Å². The summed E-state index contributed by atoms with van der Waals surface area (Å²) in [6.07, 6.45) is -17.5. The highest BCUT2D eigenvalue weighted by Gasteiger charge is 2.63. The van der Waals surface area contributed by atoms with E-state index in [1.807, 2.05) is 104 Å². The zero-order valence-corrected chi connectivity index (χ0v) is 52.1. The largest absolute Gasteiger partial charge is 0.463 e. The molecule has 4 amide bonds. The first-order valence-corrected chi connectivity index (χ1v) is 31.8. The number of hydrogen-bond acceptors (Lipinski definition) is 21. The Hall–Kier alpha value is -8.04. The number of carbonyl (C=O) groups is 7. The minimum Gasteiger partial charge on any atom is -0.463 e. The number of carbonyl (C=O) groups excluding carboxylic acids is 7. The summed E-state index contributed by atoms with van der Waals surface area (Å²) in [5.41, 5.74) is 2.57. The number of hydrogen-bond donors (Lipinski definition) is 0. The Labute approximate surface area is 540 Å². The highest BCUT2D eigenvalue weighted by atomic mass is 32.2. The molecule has 0 spiro atoms. The van der Waals surface area contributed by atoms with Gasteiger partial charge in [0.05, 0.1) is 55.3 Å². The second-order valence-electron chi connectivity index (χ2n) is 23.0. The molecule has 0 bridgehead atoms. The highest BCUT2D eigenvalue weighted by molar-refractivity contribution is 7.99. The fourth-order valence-electron chi connectivity index (χ4n) is 12.7. The van der Waals surface area contributed by atoms with Gasteiger partial charge in [-0.2, -0.15) is 0 Å². The molecule has 93 heavy (non-hydrogen) atoms. The molecule has 0 aliphatic carbocycles. The molecule has 16 atom stereocenters. The van der Waals surface area contributed by atoms with Crippen molar-refractivity contribution in [3.05, 3.63) is 214 Å². The van der Waals surface area contributed by atoms with Gasteiger partial charge >= 0.3 is 17.9 Å². The van der Waals surface area contributed by atoms with Crippen LogP contribution in [0.4, 0.5) is 0 Å². The maximum Gasteiger partial charge on any atom is 0.303 e. The summed E-state index contributed by atoms with van der Waals surface area (Å²) in [5, 5.41) is 0. The number of amides is 4. The first-order chi connectivity index (χ1) is 45.2. The van der Waals surface area contributed by atoms with Crippen LogP contribution in [0.5, 0.6) is 0 Å². The summed E-state index contributed by atoms with van der Waals surface area (Å²) >= 11 is 1.50. The van der Waals surface area contributed by atoms with Crippen LogP contribution in [-0.2, 0) is 95.8 Å². The van der Waals surface area contributed by atoms with E-state index in [1.54, 1.807) is 48.5 Å². The number of thioether (sulfide) groups is 1. The van der Waals surface area contributed by atoms with Gasteiger partial charge in [0.1, 0.15) is 73.0 Å². The van der Waals surface area contributed by atoms with E-state index < -0.39 is 146 Å². The molecule has 4 fully saturated rings. The van der Waals surface area contributed by atoms with E-state index in [0.29, 0.717) is 11.3 Å². The molecule has 23 heteroatoms. The molecule has 12 rings (SSSR count). The second-order valence-corrected chi connectivity index (χ2v) is 24.3. The Balaban J connectivity index is 0.982. The van der Waals surface area contributed by atoms with Gasteiger partial charge in [0.15, 0.2) is 31.1 Å². The van der Waals surface area contributed by atoms with Gasteiger partial charge in [-0.3, -0.25) is 43.4 Å². The molecule has 0 saturated carbocycles. The molecular formula is C70H70N2O20S. The second kappa shape index (κ2) is 29.5. The summed E-state index contributed by atoms with van der Waals surface area (Å²) in [6, 6.07) is 46.6. The van der Waals surface area contributed by atoms with Gasteiger partial charge in [-0.1, -0.05) is 153 Å². The minimum atomic E-state index is -1.98. The van der Waals surface area contributed by atoms with Crippen molar-refractivity contribution in [1.29, 1.82) is 0 Å². The predicted molar refractivity (Wildman–Crippen MR) is 329 cm³/mol. The van der Waals surface area contributed by atoms with E-state index >= 15 is 9.59 Å². The predicted octanol–water partition coefficient (Wildman–Crippen LogP) is 7.94. The van der Waals surface area contributed by atoms with Crippen LogP contribution in [0, 0.1) is 0 Å². The third-order valence-electron chi connectivity index (χ3n) is 16.8. The molecule has 486 valence electrons. The van der Waals surface area contributed by atoms with E-state index in [4.69, 9.17) is 61.6 Å². The van der Waals surface area contributed by atoms with Crippen molar-refractivity contribution in [2.24, 2.45) is 0 Å². The van der Waals surface area contributed by atoms with Crippen molar-refractivity contribution < 1.29 is 95.1 Å². The Morgan fingerprint density at radius 1 is 0.462 bits per heavy atom. The number of benzene rings is 6. The highest BCUT2D eigenvalue weighted by Crippen LogP contribution is 2.44. The van der Waals surface area contributed by atoms with Gasteiger partial charge in [0.25, 0.3) is 23.6 Å². The maximum absolute atomic E-state index is 15.4. The summed E-state index contributed by atoms with van der Waals surface area (Å²) in [6.45, 7) is 4.55. The van der Waals surface area contributed by atoms with Crippen LogP contribution < -0.4 is 0 Å². The molecule has 0 radical (unpaired) electrons. The number of rotatable bonds is 23. The maximum atomic E-state index is 15.4. The molecule has 4 saturated heterocycles. The first-order valence-electron chi connectivity index (χ1n) is 30.8. The zero-order valence-electron chi connectivity index (χ0n) is 51.3. The first kappa shape index (κ1) is 65.0. The molecule has 6 aliphatic rings. The van der Waals surface area contributed by atoms with E-state index in [9.17, 15) is 24.0 Å². The van der Waals surface area contributed by atoms with E-state index in [-0.39, 0.29) is 55.3 Å². The normalized spacial score (nSPS) is 29.1. The molecule has 16 unspecified atom stereocenters. The zero-order chi connectivity index (χ0) is 64.7. The number of imide groups is 2. The molecular weight excluding hydrogens is 1220 g/mol. The summed E-state index contributed by atoms with van der Waals surface area (Å²) in [4.78, 5) is 102. The molecule has 6 aromatic carbocycles. The fourth-order valence-corrected chi connectivity index (χ4v) is 13.6. The Bertz CT molecular complexity index is 3560. The third-order valence-corrected chi connectivity index (χ3v) is 17.8. The fraction of sp³-hybridized carbons (Fsp3) is 0.386. The van der Waals surface area contributed by atoms with Crippen LogP contribution >= 0.6 is 11.8 Å². The molecule has 22 nitrogen and oxygen atoms in total. The van der Waals surface area contributed by atoms with Crippen LogP contribution in [0.25, 0.3) is 0 Å². The number of fused-ring (bicyclic) bond motifs is 3. The van der Waals surface area contributed by atoms with E-state index in [2.05, 4.69) is 0 Å². The van der Waals surface area contributed by atoms with Crippen LogP contribution in [0.2, 0.25) is 0 Å². The van der Waals surface area contributed by atoms with Crippen molar-refractivity contribution in [3.8, 4) is 0 Å². The van der Waals surface area contributed by atoms with Crippen molar-refractivity contribution in [3.63, 3.8) is 0 Å². The molecule has 6 aromatic rings. The monoisotopic (exact) mass is 1290 g/mol. The van der Waals surface area contributed by atoms with Crippen molar-refractivity contribution in [2.45, 2.75) is 145 Å². The summed E-state index contributed by atoms with van der Waals surface area (Å²) < 4.78 is 87.1. The molecule has 0 N–H and O–H groups in total. The van der Waals surface area contributed by atoms with Gasteiger partial charge in [-0.05, 0) is 46.7 Å². The molecule has 0 aromatic heterocycles. The molecule has 6 heterocycles. The average Bonchev–Trinajstić information content (AvgIpc) is 1.71. The third kappa shape index (κ3) is 14.2. The molecule has 6 aliphatic heterocycles. The van der Waals surface area contributed by atoms with Gasteiger partial charge in [0.2, 0.25) is 0 Å². The van der Waals surface area contributed by atoms with Gasteiger partial charge in [-0.25, -0.2) is 0 Å². The summed E-state index contributed by atoms with van der Waals surface area (Å²) in [7, 11) is 0. The number of ether oxygens (including phenoxy) is 13. The number of nitrogens with zero attached hydrogens (tertiary/aromatic N) is 2. The lowest BCUT2D eigenvalue weighted by atomic mass is 9.92. The topological polar surface area (TPSA) is 246 Å². The Morgan fingerprint density at radius 3 is 1.41 bits per heavy atom. The number of esters is 3. The lowest BCUT2D eigenvalue weighted by Crippen LogP contribution is -2.72. The lowest BCUT2D eigenvalue weighted by molar-refractivity contribution is -0.379. The summed E-state index contributed by atoms with van der Waals surface area (Å²) in [5.74, 6) is -5.29. The minimum absolute atomic E-state index is 0.0202. The Morgan fingerprint density at radius 2 is 0.914 bits per heavy atom. The lowest BCUT2D eigenvalue weighted by Gasteiger charge is -2.53. The Kier molecular flexibility index (Phi) is 20.6. The van der Waals surface area contributed by atoms with Gasteiger partial charge in [0, 0.05) is 26.3 Å². The smallest absolute Gasteiger partial charge is 0.303 e. The van der Waals surface area contributed by atoms with Crippen LogP contribution in [0.1, 0.15) is 97.7 Å². The SMILES string of the molecule is CCSC1OC(COC2OC3COC(c4ccccc4)OC3C(OC3OC(COC(C)=O)C(OC(C)=O)C(OC(C)=O)C3N3C(=O)c4ccccc4C3=O)C2N2C(=O)c3ccccc3C2=O)C(OCc2ccccc2)C(OCc2ccccc2)C1OCc1ccccc1. The quantitative estimate of drug-likeness (QED) is 0.0335. The van der Waals surface area contributed by atoms with Gasteiger partial charge in [-0.15, -0.1) is 11.8 Å². The van der Waals surface area contributed by atoms with E-state index in [1.165, 1.54) is 36.0 Å². The van der Waals surface area contributed by atoms with Crippen molar-refractivity contribution in [1.82, 2.24) is 9.80 Å². The standard InChI is InChI=1S/C70H70N2O20S/c1-5-93-70-62(83-36-45-26-14-8-15-27-45)61(82-35-44-24-12-7-13-25-44)56(81-34-43-22-10-6-11-23-43)51(90-70)38-85-68-54(71-63(76)47-30-18-19-31-48(47)64(71)77)60(58-53(88-68)39-84-67(91-58)46-28-16-9-17-29-46)92-69-55(72-65(78)49-32-20-21-33-50(49)66(72)79)59(87-42(4)75)57(86-41(3)74)52(89-69)37-80-40(2)73/h6-33,51-62,67-70H,5,34-39H2,1-4H3. The van der Waals surface area contributed by atoms with E-state index in [0.717, 1.165) is 47.3 Å².